The standard InChI is InChI=1S/C61H50F6N4/c1-38-32-59(39(2)31-44(38)37-68(51-19-7-45(62)8-20-51)52-21-9-46(63)10-22-52)71(60-35-40(3)57(33-42(60)5)69(53-23-11-47(64)12-24-53)54-25-13-48(65)14-26-54)61-36-41(4)58(34-43(61)6)70(55-27-15-49(66)16-28-55)56-29-17-50(67)18-30-56/h7-36H,37H2,1-6H3. The molecule has 0 amide bonds. The van der Waals surface area contributed by atoms with Crippen LogP contribution in [0.15, 0.2) is 182 Å². The third-order valence-corrected chi connectivity index (χ3v) is 12.8. The van der Waals surface area contributed by atoms with Gasteiger partial charge in [-0.15, -0.1) is 0 Å². The van der Waals surface area contributed by atoms with Crippen molar-refractivity contribution in [2.24, 2.45) is 0 Å². The van der Waals surface area contributed by atoms with Gasteiger partial charge in [0, 0.05) is 69.1 Å². The van der Waals surface area contributed by atoms with E-state index in [0.29, 0.717) is 29.3 Å². The molecular formula is C61H50F6N4. The van der Waals surface area contributed by atoms with E-state index in [1.807, 2.05) is 42.4 Å². The van der Waals surface area contributed by atoms with Gasteiger partial charge >= 0.3 is 0 Å². The second-order valence-electron chi connectivity index (χ2n) is 17.9. The minimum Gasteiger partial charge on any atom is -0.337 e. The molecule has 10 heteroatoms. The third kappa shape index (κ3) is 10.1. The maximum Gasteiger partial charge on any atom is 0.123 e. The average molecular weight is 953 g/mol. The molecule has 0 unspecified atom stereocenters. The molecule has 0 saturated heterocycles. The molecule has 9 aromatic carbocycles. The highest BCUT2D eigenvalue weighted by Gasteiger charge is 2.26. The summed E-state index contributed by atoms with van der Waals surface area (Å²) in [7, 11) is 0. The Kier molecular flexibility index (Phi) is 13.5. The summed E-state index contributed by atoms with van der Waals surface area (Å²) >= 11 is 0. The molecule has 0 spiro atoms. The van der Waals surface area contributed by atoms with Gasteiger partial charge in [0.05, 0.1) is 0 Å². The normalized spacial score (nSPS) is 11.2. The van der Waals surface area contributed by atoms with E-state index in [9.17, 15) is 26.3 Å². The molecule has 0 radical (unpaired) electrons. The fourth-order valence-electron chi connectivity index (χ4n) is 9.16. The van der Waals surface area contributed by atoms with E-state index < -0.39 is 0 Å². The highest BCUT2D eigenvalue weighted by molar-refractivity contribution is 5.89. The van der Waals surface area contributed by atoms with Crippen LogP contribution >= 0.6 is 0 Å². The second-order valence-corrected chi connectivity index (χ2v) is 17.9. The highest BCUT2D eigenvalue weighted by atomic mass is 19.1. The van der Waals surface area contributed by atoms with E-state index in [4.69, 9.17) is 0 Å². The molecule has 0 atom stereocenters. The van der Waals surface area contributed by atoms with E-state index >= 15 is 0 Å². The van der Waals surface area contributed by atoms with Crippen LogP contribution in [0.2, 0.25) is 0 Å². The van der Waals surface area contributed by atoms with E-state index in [2.05, 4.69) is 55.1 Å². The SMILES string of the molecule is Cc1cc(N(c2cc(C)c(N(c3ccc(F)cc3)c3ccc(F)cc3)cc2C)c2cc(C)c(N(c3ccc(F)cc3)c3ccc(F)cc3)cc2C)c(C)cc1CN(c1ccc(F)cc1)c1ccc(F)cc1. The lowest BCUT2D eigenvalue weighted by Crippen LogP contribution is -2.19. The van der Waals surface area contributed by atoms with Crippen molar-refractivity contribution in [2.45, 2.75) is 48.1 Å². The minimum absolute atomic E-state index is 0.362. The Labute approximate surface area is 410 Å². The summed E-state index contributed by atoms with van der Waals surface area (Å²) < 4.78 is 85.8. The summed E-state index contributed by atoms with van der Waals surface area (Å²) in [6.45, 7) is 12.6. The summed E-state index contributed by atoms with van der Waals surface area (Å²) in [4.78, 5) is 8.25. The first-order valence-corrected chi connectivity index (χ1v) is 23.2. The summed E-state index contributed by atoms with van der Waals surface area (Å²) in [5, 5.41) is 0. The van der Waals surface area contributed by atoms with Gasteiger partial charge < -0.3 is 19.6 Å². The lowest BCUT2D eigenvalue weighted by Gasteiger charge is -2.34. The fraction of sp³-hybridized carbons (Fsp3) is 0.115. The molecule has 0 aromatic heterocycles. The van der Waals surface area contributed by atoms with Gasteiger partial charge in [-0.2, -0.15) is 0 Å². The van der Waals surface area contributed by atoms with E-state index in [1.165, 1.54) is 72.8 Å². The molecule has 0 heterocycles. The van der Waals surface area contributed by atoms with Crippen molar-refractivity contribution in [3.8, 4) is 0 Å². The van der Waals surface area contributed by atoms with Crippen LogP contribution in [0, 0.1) is 76.4 Å². The number of halogens is 6. The first kappa shape index (κ1) is 47.8. The Morgan fingerprint density at radius 1 is 0.254 bits per heavy atom. The largest absolute Gasteiger partial charge is 0.337 e. The molecule has 0 aliphatic heterocycles. The molecule has 9 aromatic rings. The maximum atomic E-state index is 14.3. The molecule has 356 valence electrons. The molecule has 9 rings (SSSR count). The molecule has 0 bridgehead atoms. The number of benzene rings is 9. The van der Waals surface area contributed by atoms with Crippen LogP contribution in [-0.2, 0) is 6.54 Å². The van der Waals surface area contributed by atoms with Crippen LogP contribution < -0.4 is 19.6 Å². The van der Waals surface area contributed by atoms with Crippen molar-refractivity contribution in [1.29, 1.82) is 0 Å². The van der Waals surface area contributed by atoms with Gasteiger partial charge in [0.15, 0.2) is 0 Å². The van der Waals surface area contributed by atoms with Crippen LogP contribution in [0.5, 0.6) is 0 Å². The highest BCUT2D eigenvalue weighted by Crippen LogP contribution is 2.48. The topological polar surface area (TPSA) is 13.0 Å². The zero-order valence-corrected chi connectivity index (χ0v) is 40.1. The number of nitrogens with zero attached hydrogens (tertiary/aromatic N) is 4. The average Bonchev–Trinajstić information content (AvgIpc) is 3.35. The van der Waals surface area contributed by atoms with Crippen molar-refractivity contribution in [3.63, 3.8) is 0 Å². The Hall–Kier alpha value is -8.24. The van der Waals surface area contributed by atoms with E-state index in [0.717, 1.165) is 78.8 Å². The number of anilines is 11. The Bertz CT molecular complexity index is 3050. The molecule has 4 nitrogen and oxygen atoms in total. The lowest BCUT2D eigenvalue weighted by atomic mass is 9.97. The van der Waals surface area contributed by atoms with Crippen LogP contribution in [0.3, 0.4) is 0 Å². The van der Waals surface area contributed by atoms with Crippen molar-refractivity contribution in [3.05, 3.63) is 256 Å². The van der Waals surface area contributed by atoms with Gasteiger partial charge in [0.1, 0.15) is 34.9 Å². The fourth-order valence-corrected chi connectivity index (χ4v) is 9.16. The summed E-state index contributed by atoms with van der Waals surface area (Å²) in [6, 6.07) is 50.0. The monoisotopic (exact) mass is 952 g/mol. The summed E-state index contributed by atoms with van der Waals surface area (Å²) in [6.07, 6.45) is 0. The van der Waals surface area contributed by atoms with Crippen molar-refractivity contribution >= 4 is 62.6 Å². The van der Waals surface area contributed by atoms with Crippen LogP contribution in [-0.4, -0.2) is 0 Å². The van der Waals surface area contributed by atoms with Crippen LogP contribution in [0.4, 0.5) is 88.9 Å². The van der Waals surface area contributed by atoms with Crippen molar-refractivity contribution in [2.75, 3.05) is 19.6 Å². The predicted octanol–water partition coefficient (Wildman–Crippen LogP) is 18.1. The van der Waals surface area contributed by atoms with Gasteiger partial charge in [0.25, 0.3) is 0 Å². The van der Waals surface area contributed by atoms with Crippen molar-refractivity contribution in [1.82, 2.24) is 0 Å². The zero-order valence-electron chi connectivity index (χ0n) is 40.1. The minimum atomic E-state index is -0.378. The second kappa shape index (κ2) is 20.0. The number of aryl methyl sites for hydroxylation is 6. The first-order chi connectivity index (χ1) is 34.1. The number of hydrogen-bond donors (Lipinski definition) is 0. The lowest BCUT2D eigenvalue weighted by molar-refractivity contribution is 0.626. The van der Waals surface area contributed by atoms with Gasteiger partial charge in [-0.05, 0) is 256 Å². The molecule has 0 aliphatic rings. The van der Waals surface area contributed by atoms with Gasteiger partial charge in [-0.3, -0.25) is 0 Å². The molecular weight excluding hydrogens is 903 g/mol. The summed E-state index contributed by atoms with van der Waals surface area (Å²) in [5.41, 5.74) is 15.0. The quantitative estimate of drug-likeness (QED) is 0.107. The third-order valence-electron chi connectivity index (χ3n) is 12.8. The molecule has 71 heavy (non-hydrogen) atoms. The van der Waals surface area contributed by atoms with E-state index in [-0.39, 0.29) is 34.9 Å². The van der Waals surface area contributed by atoms with Crippen molar-refractivity contribution < 1.29 is 26.3 Å². The van der Waals surface area contributed by atoms with Crippen LogP contribution in [0.1, 0.15) is 38.9 Å². The smallest absolute Gasteiger partial charge is 0.123 e. The van der Waals surface area contributed by atoms with Gasteiger partial charge in [-0.25, -0.2) is 26.3 Å². The predicted molar refractivity (Wildman–Crippen MR) is 277 cm³/mol. The number of rotatable bonds is 13. The Balaban J connectivity index is 1.22. The molecule has 0 fully saturated rings. The molecule has 0 N–H and O–H groups in total. The van der Waals surface area contributed by atoms with Gasteiger partial charge in [0.2, 0.25) is 0 Å². The Morgan fingerprint density at radius 2 is 0.465 bits per heavy atom. The summed E-state index contributed by atoms with van der Waals surface area (Å²) in [5.74, 6) is -2.24. The van der Waals surface area contributed by atoms with Crippen LogP contribution in [0.25, 0.3) is 0 Å². The maximum absolute atomic E-state index is 14.3. The Morgan fingerprint density at radius 3 is 0.732 bits per heavy atom. The molecule has 0 saturated carbocycles. The van der Waals surface area contributed by atoms with E-state index in [1.54, 1.807) is 72.8 Å². The zero-order chi connectivity index (χ0) is 50.1. The first-order valence-electron chi connectivity index (χ1n) is 23.2. The molecule has 0 aliphatic carbocycles. The number of hydrogen-bond acceptors (Lipinski definition) is 4. The van der Waals surface area contributed by atoms with Gasteiger partial charge in [-0.1, -0.05) is 6.07 Å².